The number of unbranched alkanes of at least 4 members (excludes halogenated alkanes) is 9. The highest BCUT2D eigenvalue weighted by molar-refractivity contribution is 5.71. The maximum atomic E-state index is 12.8. The first-order chi connectivity index (χ1) is 38.1. The first-order valence-corrected chi connectivity index (χ1v) is 29.8. The van der Waals surface area contributed by atoms with Crippen molar-refractivity contribution in [2.24, 2.45) is 0 Å². The fourth-order valence-electron chi connectivity index (χ4n) is 7.13. The van der Waals surface area contributed by atoms with Crippen LogP contribution < -0.4 is 0 Å². The number of nitrogens with zero attached hydrogens (tertiary/aromatic N) is 1. The second-order valence-corrected chi connectivity index (χ2v) is 20.2. The molecule has 78 heavy (non-hydrogen) atoms. The summed E-state index contributed by atoms with van der Waals surface area (Å²) >= 11 is 0. The number of quaternary nitrogens is 1. The highest BCUT2D eigenvalue weighted by Gasteiger charge is 2.25. The van der Waals surface area contributed by atoms with Crippen LogP contribution in [0.3, 0.4) is 0 Å². The van der Waals surface area contributed by atoms with E-state index in [2.05, 4.69) is 184 Å². The molecule has 0 saturated carbocycles. The molecule has 0 spiro atoms. The van der Waals surface area contributed by atoms with Crippen LogP contribution in [0.2, 0.25) is 0 Å². The number of carboxylic acids is 1. The lowest BCUT2D eigenvalue weighted by atomic mass is 10.1. The van der Waals surface area contributed by atoms with E-state index in [0.717, 1.165) is 135 Å². The summed E-state index contributed by atoms with van der Waals surface area (Å²) in [5.74, 6) is -2.11. The van der Waals surface area contributed by atoms with Gasteiger partial charge in [0.25, 0.3) is 6.29 Å². The zero-order valence-corrected chi connectivity index (χ0v) is 49.5. The van der Waals surface area contributed by atoms with Crippen LogP contribution in [-0.2, 0) is 33.3 Å². The second kappa shape index (κ2) is 57.8. The van der Waals surface area contributed by atoms with Crippen molar-refractivity contribution < 1.29 is 42.9 Å². The Kier molecular flexibility index (Phi) is 53.8. The molecule has 0 aromatic carbocycles. The highest BCUT2D eigenvalue weighted by Crippen LogP contribution is 2.12. The van der Waals surface area contributed by atoms with Gasteiger partial charge in [0.2, 0.25) is 0 Å². The Hall–Kier alpha value is -5.35. The van der Waals surface area contributed by atoms with Crippen molar-refractivity contribution in [2.45, 2.75) is 200 Å². The summed E-state index contributed by atoms with van der Waals surface area (Å²) < 4.78 is 22.7. The molecule has 9 heteroatoms. The number of likely N-dealkylation sites (N-methyl/N-ethyl adjacent to an activating group) is 1. The minimum Gasteiger partial charge on any atom is -0.477 e. The third-order valence-corrected chi connectivity index (χ3v) is 11.7. The molecule has 0 amide bonds. The van der Waals surface area contributed by atoms with E-state index in [1.54, 1.807) is 0 Å². The van der Waals surface area contributed by atoms with E-state index in [4.69, 9.17) is 18.9 Å². The third kappa shape index (κ3) is 58.3. The van der Waals surface area contributed by atoms with Crippen LogP contribution >= 0.6 is 0 Å². The molecular weight excluding hydrogens is 971 g/mol. The van der Waals surface area contributed by atoms with E-state index in [9.17, 15) is 19.5 Å². The molecule has 0 aliphatic carbocycles. The van der Waals surface area contributed by atoms with Crippen LogP contribution in [-0.4, -0.2) is 87.4 Å². The lowest BCUT2D eigenvalue weighted by Gasteiger charge is -2.25. The molecule has 2 unspecified atom stereocenters. The molecule has 1 N–H and O–H groups in total. The number of esters is 2. The number of carboxylic acid groups (broad SMARTS) is 1. The molecule has 0 aromatic heterocycles. The first-order valence-electron chi connectivity index (χ1n) is 29.8. The molecule has 0 rings (SSSR count). The van der Waals surface area contributed by atoms with E-state index in [-0.39, 0.29) is 38.6 Å². The zero-order chi connectivity index (χ0) is 56.9. The van der Waals surface area contributed by atoms with Crippen molar-refractivity contribution in [3.05, 3.63) is 170 Å². The van der Waals surface area contributed by atoms with Crippen LogP contribution in [0.25, 0.3) is 0 Å². The van der Waals surface area contributed by atoms with Gasteiger partial charge in [0.05, 0.1) is 34.4 Å². The molecule has 9 nitrogen and oxygen atoms in total. The first kappa shape index (κ1) is 72.7. The average molecular weight is 1080 g/mol. The predicted molar refractivity (Wildman–Crippen MR) is 331 cm³/mol. The molecule has 0 aliphatic rings. The lowest BCUT2D eigenvalue weighted by Crippen LogP contribution is -2.40. The van der Waals surface area contributed by atoms with Gasteiger partial charge in [0, 0.05) is 12.8 Å². The highest BCUT2D eigenvalue weighted by atomic mass is 16.7. The molecular formula is C69H108NO8+. The fraction of sp³-hybridized carbons (Fsp3) is 0.551. The SMILES string of the molecule is CC/C=C\C/C=C\C/C=C\C/C=C\C/C=C\C/C=C\C/C=C\C/C=C\C/C=C\C/C=C\C/C=C\C/C=C\CCCCC(=O)OC(COC(=O)CCCCCCC/C=C\C/C=C\CCCC)COC(OCC[N+](C)(C)C)C(=O)O. The number of carbonyl (C=O) groups excluding carboxylic acids is 2. The molecule has 0 aromatic rings. The van der Waals surface area contributed by atoms with Crippen LogP contribution in [0, 0.1) is 0 Å². The maximum absolute atomic E-state index is 12.8. The largest absolute Gasteiger partial charge is 0.477 e. The van der Waals surface area contributed by atoms with E-state index < -0.39 is 24.3 Å². The summed E-state index contributed by atoms with van der Waals surface area (Å²) in [6.07, 6.45) is 84.5. The molecule has 0 heterocycles. The number of allylic oxidation sites excluding steroid dienone is 28. The minimum atomic E-state index is -1.54. The van der Waals surface area contributed by atoms with Gasteiger partial charge < -0.3 is 28.5 Å². The quantitative estimate of drug-likeness (QED) is 0.0211. The van der Waals surface area contributed by atoms with Gasteiger partial charge in [-0.1, -0.05) is 216 Å². The molecule has 0 saturated heterocycles. The summed E-state index contributed by atoms with van der Waals surface area (Å²) in [5, 5.41) is 9.69. The Labute approximate surface area is 476 Å². The standard InChI is InChI=1S/C69H107NO8/c1-6-8-10-12-14-16-18-20-22-23-24-25-26-27-28-29-30-31-32-33-34-35-36-37-38-39-40-41-42-43-44-45-46-48-50-52-54-56-58-60-67(72)78-65(64-77-69(68(73)74)75-62-61-70(3,4)5)63-76-66(71)59-57-55-53-51-49-47-21-19-17-15-13-11-9-7-2/h8,10,13-16,19-22,24-25,27-28,30-31,33-34,36-37,39-40,42-43,45-46,50,52,65,69H,6-7,9,11-12,17-18,23,26,29,32,35,38,41,44,47-49,51,53-64H2,1-5H3/p+1/b10-8-,15-13-,16-14-,21-19-,22-20-,25-24-,28-27-,31-30-,34-33-,37-36-,40-39-,43-42-,46-45-,52-50-. The number of hydrogen-bond acceptors (Lipinski definition) is 7. The van der Waals surface area contributed by atoms with Crippen LogP contribution in [0.1, 0.15) is 187 Å². The van der Waals surface area contributed by atoms with Gasteiger partial charge in [-0.05, 0) is 128 Å². The normalized spacial score (nSPS) is 14.0. The van der Waals surface area contributed by atoms with Gasteiger partial charge in [-0.2, -0.15) is 0 Å². The number of rotatable bonds is 52. The van der Waals surface area contributed by atoms with Crippen LogP contribution in [0.4, 0.5) is 0 Å². The summed E-state index contributed by atoms with van der Waals surface area (Å²) in [4.78, 5) is 37.3. The number of aliphatic carboxylic acids is 1. The summed E-state index contributed by atoms with van der Waals surface area (Å²) in [5.41, 5.74) is 0. The third-order valence-electron chi connectivity index (χ3n) is 11.7. The molecule has 0 bridgehead atoms. The van der Waals surface area contributed by atoms with Crippen molar-refractivity contribution in [1.29, 1.82) is 0 Å². The topological polar surface area (TPSA) is 108 Å². The number of ether oxygens (including phenoxy) is 4. The Morgan fingerprint density at radius 1 is 0.397 bits per heavy atom. The van der Waals surface area contributed by atoms with Crippen molar-refractivity contribution >= 4 is 17.9 Å². The molecule has 2 atom stereocenters. The lowest BCUT2D eigenvalue weighted by molar-refractivity contribution is -0.870. The van der Waals surface area contributed by atoms with Gasteiger partial charge in [-0.3, -0.25) is 9.59 Å². The fourth-order valence-corrected chi connectivity index (χ4v) is 7.13. The summed E-state index contributed by atoms with van der Waals surface area (Å²) in [6.45, 7) is 4.61. The van der Waals surface area contributed by atoms with Crippen molar-refractivity contribution in [3.8, 4) is 0 Å². The minimum absolute atomic E-state index is 0.167. The smallest absolute Gasteiger partial charge is 0.361 e. The monoisotopic (exact) mass is 1080 g/mol. The molecule has 436 valence electrons. The van der Waals surface area contributed by atoms with Crippen molar-refractivity contribution in [1.82, 2.24) is 0 Å². The van der Waals surface area contributed by atoms with Crippen molar-refractivity contribution in [3.63, 3.8) is 0 Å². The molecule has 0 fully saturated rings. The summed E-state index contributed by atoms with van der Waals surface area (Å²) in [6, 6.07) is 0. The zero-order valence-electron chi connectivity index (χ0n) is 49.5. The van der Waals surface area contributed by atoms with Crippen molar-refractivity contribution in [2.75, 3.05) is 47.5 Å². The van der Waals surface area contributed by atoms with Gasteiger partial charge in [-0.25, -0.2) is 4.79 Å². The molecule has 0 aliphatic heterocycles. The van der Waals surface area contributed by atoms with Crippen LogP contribution in [0.15, 0.2) is 170 Å². The molecule has 0 radical (unpaired) electrons. The number of carbonyl (C=O) groups is 3. The van der Waals surface area contributed by atoms with Gasteiger partial charge >= 0.3 is 17.9 Å². The van der Waals surface area contributed by atoms with E-state index in [0.29, 0.717) is 23.9 Å². The van der Waals surface area contributed by atoms with E-state index >= 15 is 0 Å². The van der Waals surface area contributed by atoms with Gasteiger partial charge in [0.1, 0.15) is 13.2 Å². The van der Waals surface area contributed by atoms with E-state index in [1.165, 1.54) is 12.8 Å². The Morgan fingerprint density at radius 3 is 1.12 bits per heavy atom. The van der Waals surface area contributed by atoms with Crippen LogP contribution in [0.5, 0.6) is 0 Å². The van der Waals surface area contributed by atoms with Gasteiger partial charge in [0.15, 0.2) is 6.10 Å². The Morgan fingerprint density at radius 2 is 0.731 bits per heavy atom. The van der Waals surface area contributed by atoms with E-state index in [1.807, 2.05) is 21.1 Å². The Bertz CT molecular complexity index is 1880. The number of hydrogen-bond donors (Lipinski definition) is 1. The Balaban J connectivity index is 4.32. The average Bonchev–Trinajstić information content (AvgIpc) is 3.41. The van der Waals surface area contributed by atoms with Gasteiger partial charge in [-0.15, -0.1) is 0 Å². The summed E-state index contributed by atoms with van der Waals surface area (Å²) in [7, 11) is 5.93. The maximum Gasteiger partial charge on any atom is 0.361 e. The predicted octanol–water partition coefficient (Wildman–Crippen LogP) is 18.0. The second-order valence-electron chi connectivity index (χ2n) is 20.2.